The van der Waals surface area contributed by atoms with Gasteiger partial charge in [-0.1, -0.05) is 96.8 Å². The van der Waals surface area contributed by atoms with E-state index < -0.39 is 0 Å². The van der Waals surface area contributed by atoms with Crippen molar-refractivity contribution in [1.29, 1.82) is 0 Å². The molecule has 3 heteroatoms. The summed E-state index contributed by atoms with van der Waals surface area (Å²) < 4.78 is 5.74. The van der Waals surface area contributed by atoms with Crippen molar-refractivity contribution < 1.29 is 9.53 Å². The van der Waals surface area contributed by atoms with Crippen molar-refractivity contribution in [3.63, 3.8) is 0 Å². The van der Waals surface area contributed by atoms with Gasteiger partial charge in [0.2, 0.25) is 5.91 Å². The molecule has 0 aliphatic heterocycles. The Morgan fingerprint density at radius 1 is 0.903 bits per heavy atom. The van der Waals surface area contributed by atoms with Gasteiger partial charge in [-0.3, -0.25) is 4.79 Å². The second kappa shape index (κ2) is 12.0. The standard InChI is InChI=1S/C28H27NO2/c1-2-13-25-18-9-10-19-27(25)31-21-12-11-20-29-28(30)22-26(23-14-5-3-6-15-23)24-16-7-4-8-17-24/h2-10,14-19,26H,1,13,20-22H2,(H,29,30). The lowest BCUT2D eigenvalue weighted by Crippen LogP contribution is -2.25. The first-order valence-corrected chi connectivity index (χ1v) is 10.4. The smallest absolute Gasteiger partial charge is 0.221 e. The lowest BCUT2D eigenvalue weighted by atomic mass is 9.88. The van der Waals surface area contributed by atoms with Crippen LogP contribution in [0, 0.1) is 11.8 Å². The molecule has 1 amide bonds. The van der Waals surface area contributed by atoms with Gasteiger partial charge < -0.3 is 10.1 Å². The third-order valence-electron chi connectivity index (χ3n) is 4.93. The van der Waals surface area contributed by atoms with Gasteiger partial charge in [-0.25, -0.2) is 0 Å². The summed E-state index contributed by atoms with van der Waals surface area (Å²) in [5.74, 6) is 6.73. The number of amides is 1. The van der Waals surface area contributed by atoms with Gasteiger partial charge in [0.15, 0.2) is 0 Å². The monoisotopic (exact) mass is 409 g/mol. The van der Waals surface area contributed by atoms with Crippen molar-refractivity contribution in [2.45, 2.75) is 18.8 Å². The Morgan fingerprint density at radius 2 is 1.52 bits per heavy atom. The molecule has 0 fully saturated rings. The number of carbonyl (C=O) groups excluding carboxylic acids is 1. The number of hydrogen-bond donors (Lipinski definition) is 1. The molecule has 0 bridgehead atoms. The van der Waals surface area contributed by atoms with Crippen LogP contribution in [-0.4, -0.2) is 19.1 Å². The number of hydrogen-bond acceptors (Lipinski definition) is 2. The number of ether oxygens (including phenoxy) is 1. The van der Waals surface area contributed by atoms with Gasteiger partial charge in [-0.15, -0.1) is 6.58 Å². The third-order valence-corrected chi connectivity index (χ3v) is 4.93. The quantitative estimate of drug-likeness (QED) is 0.393. The van der Waals surface area contributed by atoms with E-state index in [2.05, 4.69) is 48.0 Å². The van der Waals surface area contributed by atoms with E-state index in [0.29, 0.717) is 13.0 Å². The van der Waals surface area contributed by atoms with Crippen LogP contribution < -0.4 is 10.1 Å². The van der Waals surface area contributed by atoms with E-state index in [9.17, 15) is 4.79 Å². The van der Waals surface area contributed by atoms with Crippen LogP contribution in [0.2, 0.25) is 0 Å². The minimum absolute atomic E-state index is 0.0139. The molecule has 0 saturated carbocycles. The number of rotatable bonds is 9. The number of para-hydroxylation sites is 1. The van der Waals surface area contributed by atoms with Crippen LogP contribution in [0.4, 0.5) is 0 Å². The van der Waals surface area contributed by atoms with Gasteiger partial charge in [0.05, 0.1) is 6.54 Å². The molecule has 1 N–H and O–H groups in total. The summed E-state index contributed by atoms with van der Waals surface area (Å²) in [5, 5.41) is 2.90. The molecule has 0 aliphatic carbocycles. The summed E-state index contributed by atoms with van der Waals surface area (Å²) in [7, 11) is 0. The summed E-state index contributed by atoms with van der Waals surface area (Å²) in [4.78, 5) is 12.6. The van der Waals surface area contributed by atoms with E-state index in [1.807, 2.05) is 66.7 Å². The van der Waals surface area contributed by atoms with Crippen LogP contribution in [-0.2, 0) is 11.2 Å². The molecular formula is C28H27NO2. The Bertz CT molecular complexity index is 993. The van der Waals surface area contributed by atoms with Crippen LogP contribution >= 0.6 is 0 Å². The zero-order valence-electron chi connectivity index (χ0n) is 17.6. The maximum Gasteiger partial charge on any atom is 0.221 e. The maximum atomic E-state index is 12.6. The Labute approximate surface area is 184 Å². The predicted octanol–water partition coefficient (Wildman–Crippen LogP) is 5.14. The average molecular weight is 410 g/mol. The highest BCUT2D eigenvalue weighted by Gasteiger charge is 2.17. The van der Waals surface area contributed by atoms with Crippen LogP contribution in [0.25, 0.3) is 0 Å². The molecule has 0 heterocycles. The van der Waals surface area contributed by atoms with Crippen molar-refractivity contribution in [2.24, 2.45) is 0 Å². The molecular weight excluding hydrogens is 382 g/mol. The molecule has 3 aromatic rings. The Morgan fingerprint density at radius 3 is 2.16 bits per heavy atom. The second-order valence-corrected chi connectivity index (χ2v) is 7.10. The second-order valence-electron chi connectivity index (χ2n) is 7.10. The van der Waals surface area contributed by atoms with Crippen molar-refractivity contribution in [1.82, 2.24) is 5.32 Å². The Hall–Kier alpha value is -3.77. The fraction of sp³-hybridized carbons (Fsp3) is 0.179. The van der Waals surface area contributed by atoms with Crippen molar-refractivity contribution in [2.75, 3.05) is 13.2 Å². The van der Waals surface area contributed by atoms with E-state index in [-0.39, 0.29) is 18.4 Å². The highest BCUT2D eigenvalue weighted by atomic mass is 16.5. The summed E-state index contributed by atoms with van der Waals surface area (Å²) in [5.41, 5.74) is 3.34. The number of benzene rings is 3. The lowest BCUT2D eigenvalue weighted by Gasteiger charge is -2.17. The van der Waals surface area contributed by atoms with Crippen LogP contribution in [0.3, 0.4) is 0 Å². The molecule has 0 atom stereocenters. The zero-order valence-corrected chi connectivity index (χ0v) is 17.6. The van der Waals surface area contributed by atoms with Crippen LogP contribution in [0.15, 0.2) is 97.6 Å². The average Bonchev–Trinajstić information content (AvgIpc) is 2.82. The molecule has 31 heavy (non-hydrogen) atoms. The molecule has 0 unspecified atom stereocenters. The van der Waals surface area contributed by atoms with Crippen LogP contribution in [0.1, 0.15) is 29.0 Å². The molecule has 0 aliphatic rings. The summed E-state index contributed by atoms with van der Waals surface area (Å²) in [6.07, 6.45) is 2.98. The maximum absolute atomic E-state index is 12.6. The summed E-state index contributed by atoms with van der Waals surface area (Å²) in [6.45, 7) is 4.35. The molecule has 0 aromatic heterocycles. The molecule has 0 radical (unpaired) electrons. The molecule has 156 valence electrons. The van der Waals surface area contributed by atoms with E-state index >= 15 is 0 Å². The number of nitrogens with one attached hydrogen (secondary N) is 1. The Kier molecular flexibility index (Phi) is 8.52. The first-order valence-electron chi connectivity index (χ1n) is 10.4. The number of carbonyl (C=O) groups is 1. The summed E-state index contributed by atoms with van der Waals surface area (Å²) in [6, 6.07) is 28.1. The van der Waals surface area contributed by atoms with Crippen LogP contribution in [0.5, 0.6) is 5.75 Å². The van der Waals surface area contributed by atoms with Gasteiger partial charge in [0.25, 0.3) is 0 Å². The largest absolute Gasteiger partial charge is 0.481 e. The topological polar surface area (TPSA) is 38.3 Å². The van der Waals surface area contributed by atoms with Gasteiger partial charge in [-0.05, 0) is 29.2 Å². The first kappa shape index (κ1) is 21.9. The van der Waals surface area contributed by atoms with Gasteiger partial charge in [-0.2, -0.15) is 0 Å². The Balaban J connectivity index is 1.51. The van der Waals surface area contributed by atoms with Gasteiger partial charge >= 0.3 is 0 Å². The minimum atomic E-state index is -0.0238. The first-order chi connectivity index (χ1) is 15.3. The predicted molar refractivity (Wildman–Crippen MR) is 126 cm³/mol. The van der Waals surface area contributed by atoms with E-state index in [0.717, 1.165) is 28.9 Å². The zero-order chi connectivity index (χ0) is 21.7. The SMILES string of the molecule is C=CCc1ccccc1OCC#CCNC(=O)CC(c1ccccc1)c1ccccc1. The minimum Gasteiger partial charge on any atom is -0.481 e. The van der Waals surface area contributed by atoms with E-state index in [1.165, 1.54) is 0 Å². The molecule has 3 aromatic carbocycles. The van der Waals surface area contributed by atoms with Gasteiger partial charge in [0, 0.05) is 12.3 Å². The third kappa shape index (κ3) is 6.90. The fourth-order valence-electron chi connectivity index (χ4n) is 3.40. The highest BCUT2D eigenvalue weighted by Crippen LogP contribution is 2.27. The fourth-order valence-corrected chi connectivity index (χ4v) is 3.40. The number of allylic oxidation sites excluding steroid dienone is 1. The molecule has 3 nitrogen and oxygen atoms in total. The van der Waals surface area contributed by atoms with Crippen molar-refractivity contribution >= 4 is 5.91 Å². The highest BCUT2D eigenvalue weighted by molar-refractivity contribution is 5.77. The lowest BCUT2D eigenvalue weighted by molar-refractivity contribution is -0.121. The van der Waals surface area contributed by atoms with Crippen molar-refractivity contribution in [3.8, 4) is 17.6 Å². The van der Waals surface area contributed by atoms with Gasteiger partial charge in [0.1, 0.15) is 12.4 Å². The molecule has 3 rings (SSSR count). The van der Waals surface area contributed by atoms with E-state index in [4.69, 9.17) is 4.74 Å². The molecule has 0 spiro atoms. The van der Waals surface area contributed by atoms with Crippen molar-refractivity contribution in [3.05, 3.63) is 114 Å². The summed E-state index contributed by atoms with van der Waals surface area (Å²) >= 11 is 0. The normalized spacial score (nSPS) is 10.1. The van der Waals surface area contributed by atoms with E-state index in [1.54, 1.807) is 0 Å². The molecule has 0 saturated heterocycles.